The maximum atomic E-state index is 15.5. The minimum absolute atomic E-state index is 0.114. The number of methoxy groups -OCH3 is 1. The highest BCUT2D eigenvalue weighted by molar-refractivity contribution is 7.99. The number of ether oxygens (including phenoxy) is 1. The van der Waals surface area contributed by atoms with Crippen LogP contribution in [0.4, 0.5) is 23.2 Å². The van der Waals surface area contributed by atoms with Crippen LogP contribution < -0.4 is 10.0 Å². The lowest BCUT2D eigenvalue weighted by Gasteiger charge is -2.40. The van der Waals surface area contributed by atoms with Crippen LogP contribution in [-0.2, 0) is 19.6 Å². The van der Waals surface area contributed by atoms with E-state index in [1.807, 2.05) is 15.7 Å². The predicted molar refractivity (Wildman–Crippen MR) is 157 cm³/mol. The van der Waals surface area contributed by atoms with Crippen molar-refractivity contribution in [1.82, 2.24) is 9.62 Å². The van der Waals surface area contributed by atoms with Crippen molar-refractivity contribution in [3.05, 3.63) is 53.6 Å². The average molecular weight is 655 g/mol. The molecule has 14 heteroatoms. The van der Waals surface area contributed by atoms with E-state index in [1.165, 1.54) is 31.0 Å². The maximum absolute atomic E-state index is 15.5. The number of hydrogen-bond donors (Lipinski definition) is 2. The molecule has 2 aromatic rings. The van der Waals surface area contributed by atoms with Crippen LogP contribution in [0.25, 0.3) is 0 Å². The smallest absolute Gasteiger partial charge is 0.265 e. The number of nitrogens with zero attached hydrogens (tertiary/aromatic N) is 2. The zero-order valence-electron chi connectivity index (χ0n) is 24.2. The maximum Gasteiger partial charge on any atom is 0.265 e. The molecule has 1 heterocycles. The average Bonchev–Trinajstić information content (AvgIpc) is 3.57. The van der Waals surface area contributed by atoms with Crippen molar-refractivity contribution in [2.45, 2.75) is 72.3 Å². The van der Waals surface area contributed by atoms with Crippen LogP contribution in [0.2, 0.25) is 0 Å². The van der Waals surface area contributed by atoms with Gasteiger partial charge in [-0.15, -0.1) is 11.8 Å². The summed E-state index contributed by atoms with van der Waals surface area (Å²) in [5, 5.41) is 12.9. The molecule has 0 aromatic heterocycles. The molecular weight excluding hydrogens is 620 g/mol. The summed E-state index contributed by atoms with van der Waals surface area (Å²) < 4.78 is 89.9. The number of nitrogens with one attached hydrogen (secondary N) is 2. The van der Waals surface area contributed by atoms with E-state index >= 15 is 4.39 Å². The topological polar surface area (TPSA) is 112 Å². The van der Waals surface area contributed by atoms with Gasteiger partial charge in [0, 0.05) is 49.9 Å². The number of rotatable bonds is 12. The first kappa shape index (κ1) is 32.5. The number of halogens is 4. The Morgan fingerprint density at radius 3 is 2.39 bits per heavy atom. The Morgan fingerprint density at radius 2 is 1.80 bits per heavy atom. The predicted octanol–water partition coefficient (Wildman–Crippen LogP) is 5.29. The molecule has 0 bridgehead atoms. The van der Waals surface area contributed by atoms with E-state index in [1.54, 1.807) is 12.1 Å². The fourth-order valence-electron chi connectivity index (χ4n) is 6.05. The zero-order chi connectivity index (χ0) is 31.8. The highest BCUT2D eigenvalue weighted by Gasteiger charge is 2.75. The zero-order valence-corrected chi connectivity index (χ0v) is 25.8. The lowest BCUT2D eigenvalue weighted by atomic mass is 9.84. The van der Waals surface area contributed by atoms with Gasteiger partial charge in [0.2, 0.25) is 0 Å². The first-order valence-electron chi connectivity index (χ1n) is 14.4. The monoisotopic (exact) mass is 654 g/mol. The van der Waals surface area contributed by atoms with Crippen molar-refractivity contribution in [3.8, 4) is 6.07 Å². The third-order valence-corrected chi connectivity index (χ3v) is 11.3. The third-order valence-electron chi connectivity index (χ3n) is 8.86. The molecule has 238 valence electrons. The van der Waals surface area contributed by atoms with Gasteiger partial charge in [-0.3, -0.25) is 4.79 Å². The molecule has 1 amide bonds. The van der Waals surface area contributed by atoms with Crippen molar-refractivity contribution in [1.29, 1.82) is 5.26 Å². The summed E-state index contributed by atoms with van der Waals surface area (Å²) in [6, 6.07) is 8.95. The number of carbonyl (C=O) groups excluding carboxylic acids is 1. The number of alkyl halides is 2. The number of thioether (sulfide) groups is 1. The summed E-state index contributed by atoms with van der Waals surface area (Å²) in [7, 11) is -3.20. The molecule has 2 aliphatic carbocycles. The lowest BCUT2D eigenvalue weighted by molar-refractivity contribution is -0.145. The second-order valence-electron chi connectivity index (χ2n) is 11.9. The molecule has 3 aliphatic rings. The normalized spacial score (nSPS) is 20.7. The molecular formula is C30H34F4N4O4S2. The standard InChI is InChI=1S/C30H34F4N4O4S2/c1-42-29(10-3-2-4-11-29)27(39)37-44(40,41)24-13-20(15-35)26(25(32)14-24)36-22(16-43-23-7-5-21(31)6-8-23)9-12-38-18-28(19-38)17-30(28,33)34/h5-8,13-14,22,36H,2-4,9-12,16-19H2,1H3,(H,37,39)/t22-/m1/s1. The molecule has 1 atom stereocenters. The van der Waals surface area contributed by atoms with Gasteiger partial charge in [0.05, 0.1) is 21.6 Å². The van der Waals surface area contributed by atoms with Crippen molar-refractivity contribution in [2.24, 2.45) is 5.41 Å². The van der Waals surface area contributed by atoms with E-state index in [0.29, 0.717) is 44.4 Å². The Morgan fingerprint density at radius 1 is 1.14 bits per heavy atom. The first-order chi connectivity index (χ1) is 20.8. The van der Waals surface area contributed by atoms with Gasteiger partial charge < -0.3 is 15.0 Å². The molecule has 0 unspecified atom stereocenters. The van der Waals surface area contributed by atoms with Crippen LogP contribution in [0.15, 0.2) is 46.2 Å². The molecule has 1 saturated heterocycles. The fraction of sp³-hybridized carbons (Fsp3) is 0.533. The first-order valence-corrected chi connectivity index (χ1v) is 16.9. The second-order valence-corrected chi connectivity index (χ2v) is 14.7. The molecule has 44 heavy (non-hydrogen) atoms. The van der Waals surface area contributed by atoms with Gasteiger partial charge in [0.15, 0.2) is 0 Å². The van der Waals surface area contributed by atoms with E-state index in [0.717, 1.165) is 23.4 Å². The number of sulfonamides is 1. The number of carbonyl (C=O) groups is 1. The Hall–Kier alpha value is -2.86. The molecule has 1 aliphatic heterocycles. The number of hydrogen-bond acceptors (Lipinski definition) is 8. The molecule has 3 fully saturated rings. The minimum Gasteiger partial charge on any atom is -0.378 e. The summed E-state index contributed by atoms with van der Waals surface area (Å²) in [4.78, 5) is 15.1. The lowest BCUT2D eigenvalue weighted by Crippen LogP contribution is -2.52. The van der Waals surface area contributed by atoms with E-state index in [2.05, 4.69) is 5.32 Å². The number of likely N-dealkylation sites (tertiary alicyclic amines) is 1. The van der Waals surface area contributed by atoms with Crippen molar-refractivity contribution < 1.29 is 35.5 Å². The molecule has 8 nitrogen and oxygen atoms in total. The van der Waals surface area contributed by atoms with Crippen LogP contribution in [0, 0.1) is 28.4 Å². The Kier molecular flexibility index (Phi) is 9.24. The quantitative estimate of drug-likeness (QED) is 0.235. The van der Waals surface area contributed by atoms with Gasteiger partial charge in [0.25, 0.3) is 21.9 Å². The van der Waals surface area contributed by atoms with E-state index < -0.39 is 55.4 Å². The van der Waals surface area contributed by atoms with Crippen LogP contribution in [0.5, 0.6) is 0 Å². The largest absolute Gasteiger partial charge is 0.378 e. The van der Waals surface area contributed by atoms with Gasteiger partial charge in [-0.1, -0.05) is 19.3 Å². The van der Waals surface area contributed by atoms with Gasteiger partial charge >= 0.3 is 0 Å². The van der Waals surface area contributed by atoms with E-state index in [4.69, 9.17) is 4.74 Å². The molecule has 0 radical (unpaired) electrons. The van der Waals surface area contributed by atoms with E-state index in [-0.39, 0.29) is 30.8 Å². The van der Waals surface area contributed by atoms with Crippen molar-refractivity contribution in [3.63, 3.8) is 0 Å². The summed E-state index contributed by atoms with van der Waals surface area (Å²) in [6.07, 6.45) is 3.29. The van der Waals surface area contributed by atoms with Crippen LogP contribution in [0.3, 0.4) is 0 Å². The van der Waals surface area contributed by atoms with Gasteiger partial charge in [0.1, 0.15) is 23.3 Å². The minimum atomic E-state index is -4.54. The molecule has 1 spiro atoms. The van der Waals surface area contributed by atoms with E-state index in [9.17, 15) is 31.6 Å². The number of anilines is 1. The highest BCUT2D eigenvalue weighted by atomic mass is 32.2. The van der Waals surface area contributed by atoms with Gasteiger partial charge in [-0.2, -0.15) is 5.26 Å². The van der Waals surface area contributed by atoms with Crippen LogP contribution in [-0.4, -0.2) is 69.3 Å². The molecule has 2 N–H and O–H groups in total. The second kappa shape index (κ2) is 12.5. The summed E-state index contributed by atoms with van der Waals surface area (Å²) >= 11 is 1.37. The Balaban J connectivity index is 1.31. The Labute approximate surface area is 258 Å². The van der Waals surface area contributed by atoms with Crippen LogP contribution >= 0.6 is 11.8 Å². The number of amides is 1. The fourth-order valence-corrected chi connectivity index (χ4v) is 8.10. The van der Waals surface area contributed by atoms with Crippen LogP contribution in [0.1, 0.15) is 50.5 Å². The number of benzene rings is 2. The van der Waals surface area contributed by atoms with Gasteiger partial charge in [-0.25, -0.2) is 30.7 Å². The summed E-state index contributed by atoms with van der Waals surface area (Å²) in [6.45, 7) is 0.999. The third kappa shape index (κ3) is 6.71. The van der Waals surface area contributed by atoms with Crippen molar-refractivity contribution in [2.75, 3.05) is 37.8 Å². The highest BCUT2D eigenvalue weighted by Crippen LogP contribution is 2.65. The summed E-state index contributed by atoms with van der Waals surface area (Å²) in [5.74, 6) is -4.51. The number of nitriles is 1. The molecule has 5 rings (SSSR count). The van der Waals surface area contributed by atoms with Gasteiger partial charge in [-0.05, 0) is 55.7 Å². The summed E-state index contributed by atoms with van der Waals surface area (Å²) in [5.41, 5.74) is -2.73. The molecule has 2 saturated carbocycles. The SMILES string of the molecule is COC1(C(=O)NS(=O)(=O)c2cc(F)c(N[C@H](CCN3CC4(C3)CC4(F)F)CSc3ccc(F)cc3)c(C#N)c2)CCCCC1. The van der Waals surface area contributed by atoms with Crippen molar-refractivity contribution >= 4 is 33.4 Å². The Bertz CT molecular complexity index is 1540. The molecule has 2 aromatic carbocycles.